The van der Waals surface area contributed by atoms with Gasteiger partial charge in [-0.2, -0.15) is 0 Å². The maximum atomic E-state index is 12.0. The Labute approximate surface area is 141 Å². The first-order valence-corrected chi connectivity index (χ1v) is 7.98. The lowest BCUT2D eigenvalue weighted by atomic mass is 10.1. The van der Waals surface area contributed by atoms with E-state index in [1.807, 2.05) is 55.5 Å². The first kappa shape index (κ1) is 16.0. The molecule has 0 bridgehead atoms. The summed E-state index contributed by atoms with van der Waals surface area (Å²) in [5.41, 5.74) is 3.07. The third-order valence-corrected chi connectivity index (χ3v) is 3.55. The van der Waals surface area contributed by atoms with Gasteiger partial charge in [0.25, 0.3) is 0 Å². The molecule has 122 valence electrons. The minimum Gasteiger partial charge on any atom is -0.494 e. The van der Waals surface area contributed by atoms with Gasteiger partial charge in [0.1, 0.15) is 5.75 Å². The monoisotopic (exact) mass is 321 g/mol. The number of rotatable bonds is 5. The van der Waals surface area contributed by atoms with E-state index in [1.165, 1.54) is 0 Å². The summed E-state index contributed by atoms with van der Waals surface area (Å²) in [5.74, 6) is 0.676. The van der Waals surface area contributed by atoms with Gasteiger partial charge < -0.3 is 9.47 Å². The number of hydrogen-bond acceptors (Lipinski definition) is 4. The topological polar surface area (TPSA) is 47.9 Å². The highest BCUT2D eigenvalue weighted by molar-refractivity contribution is 6.12. The minimum absolute atomic E-state index is 0.290. The number of hydrogen-bond donors (Lipinski definition) is 0. The molecule has 0 N–H and O–H groups in total. The van der Waals surface area contributed by atoms with Crippen molar-refractivity contribution in [3.8, 4) is 5.75 Å². The maximum Gasteiger partial charge on any atom is 0.363 e. The van der Waals surface area contributed by atoms with E-state index in [0.29, 0.717) is 18.2 Å². The number of nitrogens with zero attached hydrogens (tertiary/aromatic N) is 1. The van der Waals surface area contributed by atoms with Crippen LogP contribution in [0.1, 0.15) is 30.0 Å². The van der Waals surface area contributed by atoms with E-state index in [-0.39, 0.29) is 0 Å². The molecule has 0 unspecified atom stereocenters. The molecule has 1 heterocycles. The Morgan fingerprint density at radius 3 is 2.71 bits per heavy atom. The molecule has 2 aromatic carbocycles. The standard InChI is InChI=1S/C20H19NO3/c1-3-11-23-17-6-4-5-15(12-17)13-18-20(22)24-19(21-18)16-9-7-14(2)8-10-16/h4-10,12-13H,3,11H2,1-2H3. The van der Waals surface area contributed by atoms with Crippen molar-refractivity contribution < 1.29 is 14.3 Å². The number of esters is 1. The van der Waals surface area contributed by atoms with E-state index in [9.17, 15) is 4.79 Å². The Balaban J connectivity index is 1.84. The molecule has 0 saturated carbocycles. The van der Waals surface area contributed by atoms with Gasteiger partial charge in [0, 0.05) is 5.56 Å². The third-order valence-electron chi connectivity index (χ3n) is 3.55. The lowest BCUT2D eigenvalue weighted by Gasteiger charge is -2.04. The summed E-state index contributed by atoms with van der Waals surface area (Å²) in [7, 11) is 0. The van der Waals surface area contributed by atoms with Crippen LogP contribution in [0.3, 0.4) is 0 Å². The summed E-state index contributed by atoms with van der Waals surface area (Å²) in [5, 5.41) is 0. The Morgan fingerprint density at radius 1 is 1.17 bits per heavy atom. The summed E-state index contributed by atoms with van der Waals surface area (Å²) in [6.45, 7) is 4.73. The molecule has 1 aliphatic heterocycles. The van der Waals surface area contributed by atoms with Crippen LogP contribution in [0.2, 0.25) is 0 Å². The van der Waals surface area contributed by atoms with E-state index in [4.69, 9.17) is 9.47 Å². The molecular formula is C20H19NO3. The fourth-order valence-corrected chi connectivity index (χ4v) is 2.30. The zero-order valence-corrected chi connectivity index (χ0v) is 13.8. The van der Waals surface area contributed by atoms with Gasteiger partial charge >= 0.3 is 5.97 Å². The van der Waals surface area contributed by atoms with E-state index in [2.05, 4.69) is 11.9 Å². The number of benzene rings is 2. The lowest BCUT2D eigenvalue weighted by Crippen LogP contribution is -2.05. The van der Waals surface area contributed by atoms with Crippen LogP contribution >= 0.6 is 0 Å². The van der Waals surface area contributed by atoms with Gasteiger partial charge in [-0.15, -0.1) is 0 Å². The van der Waals surface area contributed by atoms with E-state index in [0.717, 1.165) is 28.9 Å². The van der Waals surface area contributed by atoms with Gasteiger partial charge in [-0.25, -0.2) is 9.79 Å². The Hall–Kier alpha value is -2.88. The second-order valence-corrected chi connectivity index (χ2v) is 5.62. The molecule has 0 aliphatic carbocycles. The molecule has 4 heteroatoms. The second-order valence-electron chi connectivity index (χ2n) is 5.62. The van der Waals surface area contributed by atoms with Crippen molar-refractivity contribution >= 4 is 17.9 Å². The molecule has 0 atom stereocenters. The van der Waals surface area contributed by atoms with Gasteiger partial charge in [0.05, 0.1) is 6.61 Å². The fraction of sp³-hybridized carbons (Fsp3) is 0.200. The predicted octanol–water partition coefficient (Wildman–Crippen LogP) is 4.13. The second kappa shape index (κ2) is 7.13. The molecule has 0 spiro atoms. The number of cyclic esters (lactones) is 1. The molecule has 1 aliphatic rings. The van der Waals surface area contributed by atoms with Crippen LogP contribution in [-0.4, -0.2) is 18.5 Å². The summed E-state index contributed by atoms with van der Waals surface area (Å²) in [4.78, 5) is 16.4. The van der Waals surface area contributed by atoms with Crippen LogP contribution in [0.25, 0.3) is 6.08 Å². The van der Waals surface area contributed by atoms with Crippen molar-refractivity contribution in [3.05, 3.63) is 70.9 Å². The van der Waals surface area contributed by atoms with Crippen molar-refractivity contribution in [2.75, 3.05) is 6.61 Å². The number of carbonyl (C=O) groups excluding carboxylic acids is 1. The zero-order valence-electron chi connectivity index (χ0n) is 13.8. The van der Waals surface area contributed by atoms with Gasteiger partial charge in [-0.1, -0.05) is 36.8 Å². The quantitative estimate of drug-likeness (QED) is 0.614. The smallest absolute Gasteiger partial charge is 0.363 e. The normalized spacial score (nSPS) is 15.3. The number of aliphatic imine (C=N–C) groups is 1. The van der Waals surface area contributed by atoms with E-state index in [1.54, 1.807) is 6.08 Å². The van der Waals surface area contributed by atoms with Gasteiger partial charge in [0.15, 0.2) is 5.70 Å². The third kappa shape index (κ3) is 3.71. The maximum absolute atomic E-state index is 12.0. The van der Waals surface area contributed by atoms with E-state index >= 15 is 0 Å². The Bertz CT molecular complexity index is 804. The van der Waals surface area contributed by atoms with Crippen molar-refractivity contribution in [2.24, 2.45) is 4.99 Å². The largest absolute Gasteiger partial charge is 0.494 e. The Kier molecular flexibility index (Phi) is 4.75. The first-order valence-electron chi connectivity index (χ1n) is 7.98. The number of carbonyl (C=O) groups is 1. The molecule has 0 radical (unpaired) electrons. The van der Waals surface area contributed by atoms with Gasteiger partial charge in [0.2, 0.25) is 5.90 Å². The van der Waals surface area contributed by atoms with Crippen LogP contribution in [-0.2, 0) is 9.53 Å². The van der Waals surface area contributed by atoms with Gasteiger partial charge in [-0.05, 0) is 49.2 Å². The summed E-state index contributed by atoms with van der Waals surface area (Å²) >= 11 is 0. The SMILES string of the molecule is CCCOc1cccc(C=C2N=C(c3ccc(C)cc3)OC2=O)c1. The molecule has 2 aromatic rings. The molecule has 0 amide bonds. The summed E-state index contributed by atoms with van der Waals surface area (Å²) in [6.07, 6.45) is 2.66. The highest BCUT2D eigenvalue weighted by atomic mass is 16.6. The van der Waals surface area contributed by atoms with Crippen molar-refractivity contribution in [1.82, 2.24) is 0 Å². The van der Waals surface area contributed by atoms with Crippen molar-refractivity contribution in [3.63, 3.8) is 0 Å². The van der Waals surface area contributed by atoms with Crippen molar-refractivity contribution in [2.45, 2.75) is 20.3 Å². The highest BCUT2D eigenvalue weighted by Gasteiger charge is 2.24. The molecule has 0 fully saturated rings. The average molecular weight is 321 g/mol. The minimum atomic E-state index is -0.439. The number of ether oxygens (including phenoxy) is 2. The molecule has 4 nitrogen and oxygen atoms in total. The highest BCUT2D eigenvalue weighted by Crippen LogP contribution is 2.21. The summed E-state index contributed by atoms with van der Waals surface area (Å²) < 4.78 is 10.9. The molecule has 0 saturated heterocycles. The first-order chi connectivity index (χ1) is 11.7. The Morgan fingerprint density at radius 2 is 1.96 bits per heavy atom. The van der Waals surface area contributed by atoms with Crippen LogP contribution in [0.15, 0.2) is 59.2 Å². The van der Waals surface area contributed by atoms with Gasteiger partial charge in [-0.3, -0.25) is 0 Å². The molecule has 24 heavy (non-hydrogen) atoms. The van der Waals surface area contributed by atoms with Crippen LogP contribution in [0, 0.1) is 6.92 Å². The predicted molar refractivity (Wildman–Crippen MR) is 94.0 cm³/mol. The zero-order chi connectivity index (χ0) is 16.9. The van der Waals surface area contributed by atoms with Crippen molar-refractivity contribution in [1.29, 1.82) is 0 Å². The number of aryl methyl sites for hydroxylation is 1. The molecular weight excluding hydrogens is 302 g/mol. The molecule has 0 aromatic heterocycles. The van der Waals surface area contributed by atoms with E-state index < -0.39 is 5.97 Å². The van der Waals surface area contributed by atoms with Crippen LogP contribution in [0.5, 0.6) is 5.75 Å². The summed E-state index contributed by atoms with van der Waals surface area (Å²) in [6, 6.07) is 15.3. The molecule has 3 rings (SSSR count). The average Bonchev–Trinajstić information content (AvgIpc) is 2.95. The van der Waals surface area contributed by atoms with Crippen LogP contribution < -0.4 is 4.74 Å². The van der Waals surface area contributed by atoms with Crippen LogP contribution in [0.4, 0.5) is 0 Å². The fourth-order valence-electron chi connectivity index (χ4n) is 2.30. The lowest BCUT2D eigenvalue weighted by molar-refractivity contribution is -0.129.